The highest BCUT2D eigenvalue weighted by Gasteiger charge is 2.27. The molecule has 2 aromatic rings. The maximum absolute atomic E-state index is 9.07. The standard InChI is InChI=1S/C21H23N3S2/c1-3-18-11-17(12-22)9-10-20(18)23-21-24(2)19(15-26-21)14-25-13-16-7-5-4-6-8-16/h4-11,19H,3,13-15H2,1-2H3/t19-/m0/s1. The first-order valence-corrected chi connectivity index (χ1v) is 10.9. The van der Waals surface area contributed by atoms with E-state index in [1.165, 1.54) is 5.56 Å². The largest absolute Gasteiger partial charge is 0.350 e. The fourth-order valence-corrected chi connectivity index (χ4v) is 5.36. The Morgan fingerprint density at radius 3 is 2.81 bits per heavy atom. The van der Waals surface area contributed by atoms with E-state index >= 15 is 0 Å². The first-order valence-electron chi connectivity index (χ1n) is 8.80. The van der Waals surface area contributed by atoms with E-state index in [0.717, 1.165) is 40.1 Å². The van der Waals surface area contributed by atoms with Crippen LogP contribution in [0.5, 0.6) is 0 Å². The summed E-state index contributed by atoms with van der Waals surface area (Å²) in [6.07, 6.45) is 0.881. The van der Waals surface area contributed by atoms with E-state index in [-0.39, 0.29) is 0 Å². The summed E-state index contributed by atoms with van der Waals surface area (Å²) in [5.74, 6) is 3.23. The molecule has 1 atom stereocenters. The Morgan fingerprint density at radius 1 is 1.27 bits per heavy atom. The third-order valence-corrected chi connectivity index (χ3v) is 6.83. The molecule has 134 valence electrons. The van der Waals surface area contributed by atoms with E-state index in [2.05, 4.69) is 55.3 Å². The van der Waals surface area contributed by atoms with Gasteiger partial charge in [-0.05, 0) is 35.7 Å². The highest BCUT2D eigenvalue weighted by atomic mass is 32.2. The average Bonchev–Trinajstić information content (AvgIpc) is 3.03. The molecular weight excluding hydrogens is 358 g/mol. The summed E-state index contributed by atoms with van der Waals surface area (Å²) in [6.45, 7) is 2.11. The Hall–Kier alpha value is -1.90. The Bertz CT molecular complexity index is 812. The highest BCUT2D eigenvalue weighted by Crippen LogP contribution is 2.30. The summed E-state index contributed by atoms with van der Waals surface area (Å²) in [7, 11) is 2.14. The molecule has 5 heteroatoms. The maximum atomic E-state index is 9.07. The molecule has 1 fully saturated rings. The number of aliphatic imine (C=N–C) groups is 1. The molecule has 0 amide bonds. The van der Waals surface area contributed by atoms with Crippen molar-refractivity contribution in [1.82, 2.24) is 4.90 Å². The molecule has 1 aliphatic rings. The molecule has 0 spiro atoms. The van der Waals surface area contributed by atoms with Crippen molar-refractivity contribution in [1.29, 1.82) is 5.26 Å². The van der Waals surface area contributed by atoms with E-state index in [1.54, 1.807) is 0 Å². The molecule has 3 nitrogen and oxygen atoms in total. The van der Waals surface area contributed by atoms with Gasteiger partial charge in [0.05, 0.1) is 17.3 Å². The summed E-state index contributed by atoms with van der Waals surface area (Å²) in [4.78, 5) is 7.19. The lowest BCUT2D eigenvalue weighted by atomic mass is 10.1. The minimum atomic E-state index is 0.510. The Labute approximate surface area is 164 Å². The van der Waals surface area contributed by atoms with Gasteiger partial charge < -0.3 is 4.90 Å². The lowest BCUT2D eigenvalue weighted by Crippen LogP contribution is -2.31. The van der Waals surface area contributed by atoms with Crippen molar-refractivity contribution in [2.75, 3.05) is 18.6 Å². The number of nitriles is 1. The molecule has 0 saturated carbocycles. The minimum absolute atomic E-state index is 0.510. The summed E-state index contributed by atoms with van der Waals surface area (Å²) in [5, 5.41) is 10.2. The molecule has 0 bridgehead atoms. The Morgan fingerprint density at radius 2 is 2.08 bits per heavy atom. The van der Waals surface area contributed by atoms with Gasteiger partial charge in [-0.15, -0.1) is 0 Å². The second kappa shape index (κ2) is 9.16. The second-order valence-electron chi connectivity index (χ2n) is 6.28. The van der Waals surface area contributed by atoms with Gasteiger partial charge in [0, 0.05) is 30.3 Å². The van der Waals surface area contributed by atoms with Gasteiger partial charge >= 0.3 is 0 Å². The van der Waals surface area contributed by atoms with Crippen LogP contribution in [0.4, 0.5) is 5.69 Å². The van der Waals surface area contributed by atoms with Gasteiger partial charge in [-0.1, -0.05) is 49.0 Å². The summed E-state index contributed by atoms with van der Waals surface area (Å²) in [6, 6.07) is 19.1. The lowest BCUT2D eigenvalue weighted by molar-refractivity contribution is 0.448. The van der Waals surface area contributed by atoms with Crippen LogP contribution in [0.3, 0.4) is 0 Å². The van der Waals surface area contributed by atoms with Gasteiger partial charge in [0.25, 0.3) is 0 Å². The number of amidine groups is 1. The van der Waals surface area contributed by atoms with Crippen LogP contribution >= 0.6 is 23.5 Å². The molecule has 2 aromatic carbocycles. The van der Waals surface area contributed by atoms with Crippen LogP contribution in [0.25, 0.3) is 0 Å². The van der Waals surface area contributed by atoms with Crippen molar-refractivity contribution >= 4 is 34.4 Å². The number of hydrogen-bond acceptors (Lipinski definition) is 4. The lowest BCUT2D eigenvalue weighted by Gasteiger charge is -2.20. The van der Waals surface area contributed by atoms with Gasteiger partial charge in [0.15, 0.2) is 5.17 Å². The topological polar surface area (TPSA) is 39.4 Å². The normalized spacial score (nSPS) is 18.3. The fraction of sp³-hybridized carbons (Fsp3) is 0.333. The minimum Gasteiger partial charge on any atom is -0.350 e. The fourth-order valence-electron chi connectivity index (χ4n) is 2.85. The van der Waals surface area contributed by atoms with Crippen molar-refractivity contribution in [2.45, 2.75) is 25.1 Å². The molecule has 1 heterocycles. The van der Waals surface area contributed by atoms with Gasteiger partial charge in [-0.3, -0.25) is 0 Å². The number of nitrogens with zero attached hydrogens (tertiary/aromatic N) is 3. The quantitative estimate of drug-likeness (QED) is 0.699. The van der Waals surface area contributed by atoms with Crippen molar-refractivity contribution in [3.63, 3.8) is 0 Å². The number of aryl methyl sites for hydroxylation is 1. The van der Waals surface area contributed by atoms with Crippen LogP contribution in [0.15, 0.2) is 53.5 Å². The summed E-state index contributed by atoms with van der Waals surface area (Å²) < 4.78 is 0. The Kier molecular flexibility index (Phi) is 6.65. The molecule has 0 aromatic heterocycles. The Balaban J connectivity index is 1.62. The van der Waals surface area contributed by atoms with E-state index in [0.29, 0.717) is 11.6 Å². The van der Waals surface area contributed by atoms with Crippen LogP contribution in [-0.2, 0) is 12.2 Å². The third kappa shape index (κ3) is 4.63. The molecule has 1 saturated heterocycles. The van der Waals surface area contributed by atoms with Crippen molar-refractivity contribution in [3.05, 3.63) is 65.2 Å². The second-order valence-corrected chi connectivity index (χ2v) is 8.30. The maximum Gasteiger partial charge on any atom is 0.164 e. The molecule has 0 aliphatic carbocycles. The third-order valence-electron chi connectivity index (χ3n) is 4.48. The van der Waals surface area contributed by atoms with E-state index < -0.39 is 0 Å². The molecule has 3 rings (SSSR count). The number of hydrogen-bond donors (Lipinski definition) is 0. The van der Waals surface area contributed by atoms with Crippen molar-refractivity contribution in [2.24, 2.45) is 4.99 Å². The number of rotatable bonds is 6. The molecule has 26 heavy (non-hydrogen) atoms. The molecule has 0 N–H and O–H groups in total. The van der Waals surface area contributed by atoms with E-state index in [4.69, 9.17) is 10.3 Å². The van der Waals surface area contributed by atoms with Crippen LogP contribution in [-0.4, -0.2) is 34.7 Å². The predicted molar refractivity (Wildman–Crippen MR) is 114 cm³/mol. The molecule has 1 aliphatic heterocycles. The van der Waals surface area contributed by atoms with Gasteiger partial charge in [0.2, 0.25) is 0 Å². The van der Waals surface area contributed by atoms with Gasteiger partial charge in [-0.2, -0.15) is 17.0 Å². The monoisotopic (exact) mass is 381 g/mol. The average molecular weight is 382 g/mol. The van der Waals surface area contributed by atoms with Crippen LogP contribution < -0.4 is 0 Å². The van der Waals surface area contributed by atoms with Gasteiger partial charge in [0.1, 0.15) is 0 Å². The molecule has 0 radical (unpaired) electrons. The smallest absolute Gasteiger partial charge is 0.164 e. The van der Waals surface area contributed by atoms with E-state index in [9.17, 15) is 0 Å². The zero-order valence-corrected chi connectivity index (χ0v) is 16.8. The predicted octanol–water partition coefficient (Wildman–Crippen LogP) is 5.09. The zero-order chi connectivity index (χ0) is 18.4. The van der Waals surface area contributed by atoms with Crippen LogP contribution in [0, 0.1) is 11.3 Å². The number of benzene rings is 2. The first-order chi connectivity index (χ1) is 12.7. The van der Waals surface area contributed by atoms with Gasteiger partial charge in [-0.25, -0.2) is 4.99 Å². The van der Waals surface area contributed by atoms with E-state index in [1.807, 2.05) is 41.7 Å². The first kappa shape index (κ1) is 18.9. The number of thioether (sulfide) groups is 2. The highest BCUT2D eigenvalue weighted by molar-refractivity contribution is 8.14. The SMILES string of the molecule is CCc1cc(C#N)ccc1N=C1SC[C@H](CSCc2ccccc2)N1C. The molecule has 0 unspecified atom stereocenters. The van der Waals surface area contributed by atoms with Crippen LogP contribution in [0.2, 0.25) is 0 Å². The summed E-state index contributed by atoms with van der Waals surface area (Å²) >= 11 is 3.81. The zero-order valence-electron chi connectivity index (χ0n) is 15.2. The summed E-state index contributed by atoms with van der Waals surface area (Å²) in [5.41, 5.74) is 4.20. The molecular formula is C21H23N3S2. The van der Waals surface area contributed by atoms with Crippen molar-refractivity contribution in [3.8, 4) is 6.07 Å². The van der Waals surface area contributed by atoms with Crippen molar-refractivity contribution < 1.29 is 0 Å². The van der Waals surface area contributed by atoms with Crippen LogP contribution in [0.1, 0.15) is 23.6 Å².